The van der Waals surface area contributed by atoms with Crippen molar-refractivity contribution in [3.63, 3.8) is 0 Å². The maximum absolute atomic E-state index is 5.38. The lowest BCUT2D eigenvalue weighted by molar-refractivity contribution is 0.0509. The average molecular weight is 174 g/mol. The maximum Gasteiger partial charge on any atom is 0.0518 e. The Morgan fingerprint density at radius 1 is 1.00 bits per heavy atom. The normalized spacial score (nSPS) is 11.0. The third kappa shape index (κ3) is 9.92. The van der Waals surface area contributed by atoms with E-state index in [9.17, 15) is 0 Å². The van der Waals surface area contributed by atoms with E-state index in [4.69, 9.17) is 9.47 Å². The Bertz CT molecular complexity index is 81.9. The van der Waals surface area contributed by atoms with E-state index in [0.29, 0.717) is 6.10 Å². The van der Waals surface area contributed by atoms with Crippen LogP contribution in [0, 0.1) is 0 Å². The molecule has 74 valence electrons. The summed E-state index contributed by atoms with van der Waals surface area (Å²) < 4.78 is 10.7. The molecule has 12 heavy (non-hydrogen) atoms. The van der Waals surface area contributed by atoms with Gasteiger partial charge in [-0.15, -0.1) is 0 Å². The van der Waals surface area contributed by atoms with Gasteiger partial charge in [-0.1, -0.05) is 13.3 Å². The summed E-state index contributed by atoms with van der Waals surface area (Å²) in [6, 6.07) is 0. The summed E-state index contributed by atoms with van der Waals surface area (Å²) in [4.78, 5) is 0. The van der Waals surface area contributed by atoms with Gasteiger partial charge in [0.2, 0.25) is 0 Å². The molecule has 0 rings (SSSR count). The van der Waals surface area contributed by atoms with E-state index in [2.05, 4.69) is 20.8 Å². The lowest BCUT2D eigenvalue weighted by Gasteiger charge is -2.07. The van der Waals surface area contributed by atoms with E-state index in [1.165, 1.54) is 12.8 Å². The van der Waals surface area contributed by atoms with Gasteiger partial charge in [0.1, 0.15) is 0 Å². The monoisotopic (exact) mass is 174 g/mol. The standard InChI is InChI=1S/C10H22O2/c1-4-5-7-11-8-6-9-12-10(2)3/h10H,4-9H2,1-3H3. The minimum absolute atomic E-state index is 0.348. The van der Waals surface area contributed by atoms with Gasteiger partial charge in [-0.05, 0) is 26.7 Å². The van der Waals surface area contributed by atoms with Gasteiger partial charge in [0.15, 0.2) is 0 Å². The number of hydrogen-bond donors (Lipinski definition) is 0. The smallest absolute Gasteiger partial charge is 0.0518 e. The minimum Gasteiger partial charge on any atom is -0.381 e. The van der Waals surface area contributed by atoms with Crippen molar-refractivity contribution in [3.8, 4) is 0 Å². The van der Waals surface area contributed by atoms with Gasteiger partial charge in [0, 0.05) is 19.8 Å². The second-order valence-electron chi connectivity index (χ2n) is 3.24. The Balaban J connectivity index is 2.82. The second-order valence-corrected chi connectivity index (χ2v) is 3.24. The van der Waals surface area contributed by atoms with Crippen LogP contribution in [0.1, 0.15) is 40.0 Å². The zero-order chi connectivity index (χ0) is 9.23. The fourth-order valence-electron chi connectivity index (χ4n) is 0.828. The maximum atomic E-state index is 5.38. The fourth-order valence-corrected chi connectivity index (χ4v) is 0.828. The SMILES string of the molecule is CCCCOCCCOC(C)C. The van der Waals surface area contributed by atoms with Crippen molar-refractivity contribution < 1.29 is 9.47 Å². The Labute approximate surface area is 76.3 Å². The molecule has 0 N–H and O–H groups in total. The predicted molar refractivity (Wildman–Crippen MR) is 51.4 cm³/mol. The van der Waals surface area contributed by atoms with E-state index < -0.39 is 0 Å². The zero-order valence-corrected chi connectivity index (χ0v) is 8.64. The second kappa shape index (κ2) is 9.01. The molecule has 0 atom stereocenters. The molecular weight excluding hydrogens is 152 g/mol. The van der Waals surface area contributed by atoms with Gasteiger partial charge in [-0.3, -0.25) is 0 Å². The molecule has 0 spiro atoms. The minimum atomic E-state index is 0.348. The van der Waals surface area contributed by atoms with Crippen molar-refractivity contribution in [2.24, 2.45) is 0 Å². The number of rotatable bonds is 8. The third-order valence-electron chi connectivity index (χ3n) is 1.53. The molecule has 0 amide bonds. The van der Waals surface area contributed by atoms with Gasteiger partial charge in [0.25, 0.3) is 0 Å². The van der Waals surface area contributed by atoms with Crippen molar-refractivity contribution in [1.29, 1.82) is 0 Å². The molecule has 0 aliphatic carbocycles. The summed E-state index contributed by atoms with van der Waals surface area (Å²) in [5.74, 6) is 0. The molecule has 0 heterocycles. The molecule has 2 heteroatoms. The molecule has 0 unspecified atom stereocenters. The molecule has 0 aromatic heterocycles. The van der Waals surface area contributed by atoms with Crippen LogP contribution in [0.5, 0.6) is 0 Å². The van der Waals surface area contributed by atoms with E-state index in [0.717, 1.165) is 26.2 Å². The first kappa shape index (κ1) is 11.9. The highest BCUT2D eigenvalue weighted by Gasteiger charge is 1.92. The first-order valence-corrected chi connectivity index (χ1v) is 4.96. The quantitative estimate of drug-likeness (QED) is 0.527. The van der Waals surface area contributed by atoms with Crippen molar-refractivity contribution >= 4 is 0 Å². The van der Waals surface area contributed by atoms with Crippen LogP contribution in [0.2, 0.25) is 0 Å². The van der Waals surface area contributed by atoms with E-state index in [-0.39, 0.29) is 0 Å². The lowest BCUT2D eigenvalue weighted by Crippen LogP contribution is -2.06. The highest BCUT2D eigenvalue weighted by atomic mass is 16.5. The Hall–Kier alpha value is -0.0800. The molecule has 0 aliphatic heterocycles. The van der Waals surface area contributed by atoms with Gasteiger partial charge in [-0.2, -0.15) is 0 Å². The summed E-state index contributed by atoms with van der Waals surface area (Å²) in [5.41, 5.74) is 0. The fraction of sp³-hybridized carbons (Fsp3) is 1.00. The Morgan fingerprint density at radius 2 is 1.67 bits per heavy atom. The zero-order valence-electron chi connectivity index (χ0n) is 8.64. The number of hydrogen-bond acceptors (Lipinski definition) is 2. The average Bonchev–Trinajstić information content (AvgIpc) is 2.02. The van der Waals surface area contributed by atoms with E-state index >= 15 is 0 Å². The van der Waals surface area contributed by atoms with Crippen molar-refractivity contribution in [2.45, 2.75) is 46.1 Å². The van der Waals surface area contributed by atoms with Gasteiger partial charge < -0.3 is 9.47 Å². The van der Waals surface area contributed by atoms with Crippen LogP contribution in [0.4, 0.5) is 0 Å². The van der Waals surface area contributed by atoms with Crippen LogP contribution in [-0.4, -0.2) is 25.9 Å². The van der Waals surface area contributed by atoms with Crippen LogP contribution in [0.25, 0.3) is 0 Å². The van der Waals surface area contributed by atoms with Crippen LogP contribution in [-0.2, 0) is 9.47 Å². The highest BCUT2D eigenvalue weighted by Crippen LogP contribution is 1.92. The molecule has 0 aromatic rings. The summed E-state index contributed by atoms with van der Waals surface area (Å²) >= 11 is 0. The molecule has 2 nitrogen and oxygen atoms in total. The molecule has 0 bridgehead atoms. The molecule has 0 aliphatic rings. The molecular formula is C10H22O2. The third-order valence-corrected chi connectivity index (χ3v) is 1.53. The molecule has 0 aromatic carbocycles. The molecule has 0 fully saturated rings. The van der Waals surface area contributed by atoms with Crippen molar-refractivity contribution in [3.05, 3.63) is 0 Å². The Morgan fingerprint density at radius 3 is 2.25 bits per heavy atom. The number of unbranched alkanes of at least 4 members (excludes halogenated alkanes) is 1. The molecule has 0 saturated carbocycles. The predicted octanol–water partition coefficient (Wildman–Crippen LogP) is 2.62. The van der Waals surface area contributed by atoms with Gasteiger partial charge in [0.05, 0.1) is 6.10 Å². The summed E-state index contributed by atoms with van der Waals surface area (Å²) in [5, 5.41) is 0. The van der Waals surface area contributed by atoms with Crippen LogP contribution < -0.4 is 0 Å². The van der Waals surface area contributed by atoms with Crippen LogP contribution >= 0.6 is 0 Å². The topological polar surface area (TPSA) is 18.5 Å². The summed E-state index contributed by atoms with van der Waals surface area (Å²) in [7, 11) is 0. The van der Waals surface area contributed by atoms with Gasteiger partial charge >= 0.3 is 0 Å². The van der Waals surface area contributed by atoms with Crippen LogP contribution in [0.15, 0.2) is 0 Å². The van der Waals surface area contributed by atoms with Gasteiger partial charge in [-0.25, -0.2) is 0 Å². The van der Waals surface area contributed by atoms with Crippen molar-refractivity contribution in [2.75, 3.05) is 19.8 Å². The van der Waals surface area contributed by atoms with Crippen LogP contribution in [0.3, 0.4) is 0 Å². The molecule has 0 saturated heterocycles. The van der Waals surface area contributed by atoms with Crippen molar-refractivity contribution in [1.82, 2.24) is 0 Å². The summed E-state index contributed by atoms with van der Waals surface area (Å²) in [6.45, 7) is 8.84. The first-order valence-electron chi connectivity index (χ1n) is 4.96. The summed E-state index contributed by atoms with van der Waals surface area (Å²) in [6.07, 6.45) is 3.75. The molecule has 0 radical (unpaired) electrons. The lowest BCUT2D eigenvalue weighted by atomic mass is 10.4. The first-order chi connectivity index (χ1) is 5.77. The highest BCUT2D eigenvalue weighted by molar-refractivity contribution is 4.39. The number of ether oxygens (including phenoxy) is 2. The van der Waals surface area contributed by atoms with E-state index in [1.54, 1.807) is 0 Å². The van der Waals surface area contributed by atoms with E-state index in [1.807, 2.05) is 0 Å². The largest absolute Gasteiger partial charge is 0.381 e. The Kier molecular flexibility index (Phi) is 8.95.